The number of rotatable bonds is 4. The maximum Gasteiger partial charge on any atom is 0.101 e. The quantitative estimate of drug-likeness (QED) is 0.199. The molecular weight excluding hydrogens is 585 g/mol. The Labute approximate surface area is 280 Å². The molecule has 0 fully saturated rings. The fraction of sp³-hybridized carbons (Fsp3) is 0.0909. The lowest BCUT2D eigenvalue weighted by Gasteiger charge is -2.30. The Hall–Kier alpha value is -6.36. The summed E-state index contributed by atoms with van der Waals surface area (Å²) in [5.74, 6) is 0.248. The third kappa shape index (κ3) is 4.13. The number of nitriles is 2. The summed E-state index contributed by atoms with van der Waals surface area (Å²) in [4.78, 5) is 2.39. The minimum Gasteiger partial charge on any atom is -0.333 e. The summed E-state index contributed by atoms with van der Waals surface area (Å²) >= 11 is 0. The van der Waals surface area contributed by atoms with Gasteiger partial charge in [-0.1, -0.05) is 109 Å². The minimum atomic E-state index is 0.127. The van der Waals surface area contributed by atoms with Crippen molar-refractivity contribution in [3.8, 4) is 40.1 Å². The highest BCUT2D eigenvalue weighted by Gasteiger charge is 2.38. The van der Waals surface area contributed by atoms with Crippen molar-refractivity contribution in [2.45, 2.75) is 24.8 Å². The van der Waals surface area contributed by atoms with Crippen LogP contribution in [0.1, 0.15) is 40.3 Å². The van der Waals surface area contributed by atoms with Gasteiger partial charge in [-0.15, -0.1) is 0 Å². The predicted octanol–water partition coefficient (Wildman–Crippen LogP) is 10.4. The molecule has 0 bridgehead atoms. The first-order chi connectivity index (χ1) is 23.8. The number of hydrogen-bond acceptors (Lipinski definition) is 3. The lowest BCUT2D eigenvalue weighted by atomic mass is 9.88. The molecular formula is C44H30N4. The maximum atomic E-state index is 10.7. The summed E-state index contributed by atoms with van der Waals surface area (Å²) in [6.07, 6.45) is 15.3. The molecule has 6 aromatic rings. The Morgan fingerprint density at radius 2 is 1.42 bits per heavy atom. The van der Waals surface area contributed by atoms with E-state index in [0.717, 1.165) is 52.2 Å². The minimum absolute atomic E-state index is 0.127. The highest BCUT2D eigenvalue weighted by atomic mass is 15.2. The molecule has 3 aliphatic rings. The topological polar surface area (TPSA) is 55.8 Å². The van der Waals surface area contributed by atoms with E-state index in [0.29, 0.717) is 11.1 Å². The van der Waals surface area contributed by atoms with Gasteiger partial charge in [0, 0.05) is 50.8 Å². The Morgan fingerprint density at radius 1 is 0.667 bits per heavy atom. The highest BCUT2D eigenvalue weighted by Crippen LogP contribution is 2.50. The molecule has 0 saturated heterocycles. The first kappa shape index (κ1) is 27.9. The number of aryl methyl sites for hydroxylation is 1. The number of hydrogen-bond donors (Lipinski definition) is 0. The van der Waals surface area contributed by atoms with Gasteiger partial charge < -0.3 is 9.47 Å². The van der Waals surface area contributed by atoms with Gasteiger partial charge in [0.2, 0.25) is 0 Å². The average molecular weight is 615 g/mol. The lowest BCUT2D eigenvalue weighted by Crippen LogP contribution is -2.28. The van der Waals surface area contributed by atoms with Crippen LogP contribution in [-0.4, -0.2) is 10.6 Å². The molecule has 0 N–H and O–H groups in total. The second-order valence-electron chi connectivity index (χ2n) is 12.6. The van der Waals surface area contributed by atoms with Crippen LogP contribution in [0.3, 0.4) is 0 Å². The Bertz CT molecular complexity index is 2460. The summed E-state index contributed by atoms with van der Waals surface area (Å²) in [6, 6.07) is 42.8. The smallest absolute Gasteiger partial charge is 0.101 e. The van der Waals surface area contributed by atoms with E-state index in [-0.39, 0.29) is 12.0 Å². The standard InChI is InChI=1S/C44H30N4/c45-27-38-31(29-12-11-13-30(26-29)47-40-19-6-2-15-34(40)35-16-3-7-20-41(35)47)24-25-32(39(38)28-46)33-14-1-8-21-42(33)48-43-22-9-4-17-36(43)37-18-5-10-23-44(37)48/h1-2,4-15,17-26,36,43H,3,16H2. The molecule has 0 saturated carbocycles. The van der Waals surface area contributed by atoms with E-state index >= 15 is 0 Å². The Balaban J connectivity index is 1.19. The second kappa shape index (κ2) is 11.2. The van der Waals surface area contributed by atoms with Crippen LogP contribution < -0.4 is 4.90 Å². The van der Waals surface area contributed by atoms with Gasteiger partial charge >= 0.3 is 0 Å². The fourth-order valence-corrected chi connectivity index (χ4v) is 8.06. The van der Waals surface area contributed by atoms with Gasteiger partial charge in [-0.05, 0) is 65.9 Å². The molecule has 0 amide bonds. The molecule has 226 valence electrons. The normalized spacial score (nSPS) is 17.1. The number of fused-ring (bicyclic) bond motifs is 6. The van der Waals surface area contributed by atoms with Crippen molar-refractivity contribution in [1.82, 2.24) is 4.57 Å². The largest absolute Gasteiger partial charge is 0.333 e. The number of anilines is 2. The van der Waals surface area contributed by atoms with Crippen LogP contribution in [0.15, 0.2) is 140 Å². The van der Waals surface area contributed by atoms with E-state index in [9.17, 15) is 10.5 Å². The monoisotopic (exact) mass is 614 g/mol. The zero-order chi connectivity index (χ0) is 32.2. The first-order valence-electron chi connectivity index (χ1n) is 16.5. The molecule has 4 nitrogen and oxygen atoms in total. The molecule has 2 unspecified atom stereocenters. The van der Waals surface area contributed by atoms with Gasteiger partial charge in [0.15, 0.2) is 0 Å². The van der Waals surface area contributed by atoms with Crippen molar-refractivity contribution >= 4 is 28.4 Å². The molecule has 4 heteroatoms. The number of para-hydroxylation sites is 3. The van der Waals surface area contributed by atoms with Crippen LogP contribution in [0.25, 0.3) is 44.9 Å². The van der Waals surface area contributed by atoms with Crippen LogP contribution in [0, 0.1) is 22.7 Å². The van der Waals surface area contributed by atoms with E-state index in [4.69, 9.17) is 0 Å². The van der Waals surface area contributed by atoms with Crippen molar-refractivity contribution in [2.75, 3.05) is 4.90 Å². The summed E-state index contributed by atoms with van der Waals surface area (Å²) in [7, 11) is 0. The van der Waals surface area contributed by atoms with Gasteiger partial charge in [-0.2, -0.15) is 10.5 Å². The van der Waals surface area contributed by atoms with Crippen molar-refractivity contribution in [1.29, 1.82) is 10.5 Å². The van der Waals surface area contributed by atoms with E-state index in [2.05, 4.69) is 131 Å². The van der Waals surface area contributed by atoms with Crippen molar-refractivity contribution in [2.24, 2.45) is 0 Å². The van der Waals surface area contributed by atoms with Crippen LogP contribution in [0.4, 0.5) is 11.4 Å². The zero-order valence-corrected chi connectivity index (χ0v) is 26.2. The van der Waals surface area contributed by atoms with Crippen LogP contribution in [0.5, 0.6) is 0 Å². The summed E-state index contributed by atoms with van der Waals surface area (Å²) in [5.41, 5.74) is 12.4. The molecule has 2 atom stereocenters. The number of benzene rings is 5. The van der Waals surface area contributed by atoms with E-state index in [1.165, 1.54) is 27.7 Å². The van der Waals surface area contributed by atoms with Gasteiger partial charge in [0.25, 0.3) is 0 Å². The summed E-state index contributed by atoms with van der Waals surface area (Å²) in [5, 5.41) is 22.6. The van der Waals surface area contributed by atoms with Gasteiger partial charge in [0.1, 0.15) is 12.1 Å². The highest BCUT2D eigenvalue weighted by molar-refractivity contribution is 5.93. The van der Waals surface area contributed by atoms with Crippen LogP contribution in [-0.2, 0) is 6.42 Å². The molecule has 2 heterocycles. The van der Waals surface area contributed by atoms with Crippen LogP contribution >= 0.6 is 0 Å². The second-order valence-corrected chi connectivity index (χ2v) is 12.6. The molecule has 0 spiro atoms. The predicted molar refractivity (Wildman–Crippen MR) is 194 cm³/mol. The fourth-order valence-electron chi connectivity index (χ4n) is 8.06. The summed E-state index contributed by atoms with van der Waals surface area (Å²) in [6.45, 7) is 0. The van der Waals surface area contributed by atoms with E-state index in [1.807, 2.05) is 36.4 Å². The van der Waals surface area contributed by atoms with Crippen molar-refractivity contribution in [3.63, 3.8) is 0 Å². The Morgan fingerprint density at radius 3 is 2.31 bits per heavy atom. The third-order valence-corrected chi connectivity index (χ3v) is 10.1. The Kier molecular flexibility index (Phi) is 6.49. The van der Waals surface area contributed by atoms with E-state index < -0.39 is 0 Å². The van der Waals surface area contributed by atoms with Crippen molar-refractivity contribution < 1.29 is 0 Å². The molecule has 1 aliphatic heterocycles. The summed E-state index contributed by atoms with van der Waals surface area (Å²) < 4.78 is 2.32. The molecule has 2 aliphatic carbocycles. The lowest BCUT2D eigenvalue weighted by molar-refractivity contribution is 0.745. The van der Waals surface area contributed by atoms with Gasteiger partial charge in [-0.25, -0.2) is 0 Å². The van der Waals surface area contributed by atoms with E-state index in [1.54, 1.807) is 0 Å². The molecule has 5 aromatic carbocycles. The molecule has 1 aromatic heterocycles. The molecule has 48 heavy (non-hydrogen) atoms. The van der Waals surface area contributed by atoms with Gasteiger partial charge in [-0.3, -0.25) is 0 Å². The van der Waals surface area contributed by atoms with Gasteiger partial charge in [0.05, 0.1) is 22.7 Å². The number of nitrogens with zero attached hydrogens (tertiary/aromatic N) is 4. The SMILES string of the molecule is N#Cc1c(-c2cccc(-n3c4c(c5ccccc53)CCC=C4)c2)ccc(-c2ccccc2N2c3ccccc3C3C=CC=CC32)c1C#N. The number of allylic oxidation sites excluding steroid dienone is 3. The van der Waals surface area contributed by atoms with Crippen molar-refractivity contribution in [3.05, 3.63) is 168 Å². The zero-order valence-electron chi connectivity index (χ0n) is 26.2. The average Bonchev–Trinajstić information content (AvgIpc) is 3.67. The molecule has 0 radical (unpaired) electrons. The maximum absolute atomic E-state index is 10.7. The third-order valence-electron chi connectivity index (χ3n) is 10.1. The number of aromatic nitrogens is 1. The van der Waals surface area contributed by atoms with Crippen LogP contribution in [0.2, 0.25) is 0 Å². The first-order valence-corrected chi connectivity index (χ1v) is 16.5. The molecule has 9 rings (SSSR count).